The summed E-state index contributed by atoms with van der Waals surface area (Å²) in [4.78, 5) is 14.4. The zero-order valence-electron chi connectivity index (χ0n) is 10.8. The number of hydrogen-bond acceptors (Lipinski definition) is 5. The molecule has 0 unspecified atom stereocenters. The average Bonchev–Trinajstić information content (AvgIpc) is 2.85. The minimum absolute atomic E-state index is 0.0155. The maximum atomic E-state index is 10.7. The molecule has 8 heteroatoms. The van der Waals surface area contributed by atoms with Crippen LogP contribution in [0.25, 0.3) is 0 Å². The topological polar surface area (TPSA) is 83.1 Å². The van der Waals surface area contributed by atoms with Crippen molar-refractivity contribution in [3.05, 3.63) is 44.9 Å². The smallest absolute Gasteiger partial charge is 0.273 e. The van der Waals surface area contributed by atoms with E-state index in [-0.39, 0.29) is 12.3 Å². The summed E-state index contributed by atoms with van der Waals surface area (Å²) in [5, 5.41) is 14.8. The lowest BCUT2D eigenvalue weighted by molar-refractivity contribution is -0.385. The van der Waals surface area contributed by atoms with Gasteiger partial charge in [-0.1, -0.05) is 6.92 Å². The van der Waals surface area contributed by atoms with Gasteiger partial charge in [-0.3, -0.25) is 10.1 Å². The van der Waals surface area contributed by atoms with Gasteiger partial charge in [0.15, 0.2) is 5.82 Å². The minimum atomic E-state index is -0.459. The molecule has 0 saturated carbocycles. The lowest BCUT2D eigenvalue weighted by Gasteiger charge is -2.08. The molecule has 0 saturated heterocycles. The lowest BCUT2D eigenvalue weighted by atomic mass is 10.3. The van der Waals surface area contributed by atoms with Crippen molar-refractivity contribution < 1.29 is 9.66 Å². The van der Waals surface area contributed by atoms with Gasteiger partial charge in [0.1, 0.15) is 18.7 Å². The van der Waals surface area contributed by atoms with Gasteiger partial charge in [-0.05, 0) is 28.4 Å². The van der Waals surface area contributed by atoms with Crippen LogP contribution in [0.15, 0.2) is 29.0 Å². The maximum absolute atomic E-state index is 10.7. The summed E-state index contributed by atoms with van der Waals surface area (Å²) < 4.78 is 8.00. The predicted molar refractivity (Wildman–Crippen MR) is 75.4 cm³/mol. The van der Waals surface area contributed by atoms with Crippen molar-refractivity contribution in [2.75, 3.05) is 0 Å². The summed E-state index contributed by atoms with van der Waals surface area (Å²) in [6, 6.07) is 4.38. The number of hydrogen-bond donors (Lipinski definition) is 0. The van der Waals surface area contributed by atoms with Crippen LogP contribution in [0.1, 0.15) is 19.2 Å². The third-order valence-electron chi connectivity index (χ3n) is 2.61. The predicted octanol–water partition coefficient (Wildman–Crippen LogP) is 2.94. The Morgan fingerprint density at radius 3 is 3.00 bits per heavy atom. The Balaban J connectivity index is 2.12. The van der Waals surface area contributed by atoms with Crippen LogP contribution < -0.4 is 4.74 Å². The van der Waals surface area contributed by atoms with Gasteiger partial charge in [-0.15, -0.1) is 0 Å². The fraction of sp³-hybridized carbons (Fsp3) is 0.333. The standard InChI is InChI=1S/C12H13BrN4O3/c1-2-5-16-12(14-8-15-16)7-20-11-6-9(17(18)19)3-4-10(11)13/h3-4,6,8H,2,5,7H2,1H3. The first-order chi connectivity index (χ1) is 9.61. The Morgan fingerprint density at radius 1 is 1.50 bits per heavy atom. The van der Waals surface area contributed by atoms with E-state index in [0.717, 1.165) is 13.0 Å². The number of aromatic nitrogens is 3. The molecular weight excluding hydrogens is 328 g/mol. The number of nitro benzene ring substituents is 1. The molecule has 106 valence electrons. The number of aryl methyl sites for hydroxylation is 1. The van der Waals surface area contributed by atoms with Gasteiger partial charge in [0.05, 0.1) is 15.5 Å². The van der Waals surface area contributed by atoms with E-state index in [1.165, 1.54) is 18.5 Å². The SMILES string of the molecule is CCCn1ncnc1COc1cc([N+](=O)[O-])ccc1Br. The van der Waals surface area contributed by atoms with Crippen molar-refractivity contribution in [1.29, 1.82) is 0 Å². The van der Waals surface area contributed by atoms with E-state index in [1.54, 1.807) is 10.7 Å². The second-order valence-corrected chi connectivity index (χ2v) is 4.91. The summed E-state index contributed by atoms with van der Waals surface area (Å²) in [5.74, 6) is 1.09. The zero-order chi connectivity index (χ0) is 14.5. The van der Waals surface area contributed by atoms with Gasteiger partial charge in [-0.2, -0.15) is 5.10 Å². The van der Waals surface area contributed by atoms with Crippen LogP contribution >= 0.6 is 15.9 Å². The van der Waals surface area contributed by atoms with Crippen molar-refractivity contribution in [3.63, 3.8) is 0 Å². The number of halogens is 1. The second kappa shape index (κ2) is 6.47. The lowest BCUT2D eigenvalue weighted by Crippen LogP contribution is -2.08. The molecule has 0 aliphatic heterocycles. The highest BCUT2D eigenvalue weighted by Crippen LogP contribution is 2.29. The van der Waals surface area contributed by atoms with Crippen molar-refractivity contribution in [2.45, 2.75) is 26.5 Å². The second-order valence-electron chi connectivity index (χ2n) is 4.06. The number of rotatable bonds is 6. The van der Waals surface area contributed by atoms with E-state index in [1.807, 2.05) is 6.92 Å². The molecule has 0 amide bonds. The van der Waals surface area contributed by atoms with Crippen LogP contribution in [0.4, 0.5) is 5.69 Å². The van der Waals surface area contributed by atoms with Crippen LogP contribution in [-0.2, 0) is 13.2 Å². The van der Waals surface area contributed by atoms with Crippen molar-refractivity contribution in [2.24, 2.45) is 0 Å². The molecule has 2 aromatic rings. The third-order valence-corrected chi connectivity index (χ3v) is 3.27. The Hall–Kier alpha value is -1.96. The summed E-state index contributed by atoms with van der Waals surface area (Å²) in [6.45, 7) is 3.01. The van der Waals surface area contributed by atoms with Crippen LogP contribution in [0.3, 0.4) is 0 Å². The number of benzene rings is 1. The molecule has 20 heavy (non-hydrogen) atoms. The Morgan fingerprint density at radius 2 is 2.30 bits per heavy atom. The van der Waals surface area contributed by atoms with E-state index in [2.05, 4.69) is 26.0 Å². The largest absolute Gasteiger partial charge is 0.484 e. The molecule has 0 radical (unpaired) electrons. The third kappa shape index (κ3) is 3.32. The molecule has 0 atom stereocenters. The molecular formula is C12H13BrN4O3. The molecule has 1 aromatic heterocycles. The quantitative estimate of drug-likeness (QED) is 0.596. The molecule has 0 aliphatic rings. The summed E-state index contributed by atoms with van der Waals surface area (Å²) in [7, 11) is 0. The molecule has 1 aromatic carbocycles. The summed E-state index contributed by atoms with van der Waals surface area (Å²) >= 11 is 3.30. The first-order valence-corrected chi connectivity index (χ1v) is 6.84. The molecule has 0 fully saturated rings. The molecule has 7 nitrogen and oxygen atoms in total. The molecule has 0 aliphatic carbocycles. The number of nitrogens with zero attached hydrogens (tertiary/aromatic N) is 4. The van der Waals surface area contributed by atoms with Crippen LogP contribution in [0, 0.1) is 10.1 Å². The van der Waals surface area contributed by atoms with Gasteiger partial charge >= 0.3 is 0 Å². The first-order valence-electron chi connectivity index (χ1n) is 6.05. The number of non-ortho nitro benzene ring substituents is 1. The normalized spacial score (nSPS) is 10.5. The maximum Gasteiger partial charge on any atom is 0.273 e. The van der Waals surface area contributed by atoms with Gasteiger partial charge in [-0.25, -0.2) is 9.67 Å². The molecule has 0 bridgehead atoms. The van der Waals surface area contributed by atoms with Gasteiger partial charge in [0.25, 0.3) is 5.69 Å². The van der Waals surface area contributed by atoms with Crippen molar-refractivity contribution in [3.8, 4) is 5.75 Å². The highest BCUT2D eigenvalue weighted by atomic mass is 79.9. The molecule has 0 spiro atoms. The van der Waals surface area contributed by atoms with E-state index in [0.29, 0.717) is 16.0 Å². The van der Waals surface area contributed by atoms with Gasteiger partial charge in [0.2, 0.25) is 0 Å². The van der Waals surface area contributed by atoms with Crippen LogP contribution in [0.2, 0.25) is 0 Å². The van der Waals surface area contributed by atoms with Gasteiger partial charge in [0, 0.05) is 12.6 Å². The number of nitro groups is 1. The molecule has 2 rings (SSSR count). The summed E-state index contributed by atoms with van der Waals surface area (Å²) in [6.07, 6.45) is 2.41. The van der Waals surface area contributed by atoms with Crippen molar-refractivity contribution in [1.82, 2.24) is 14.8 Å². The van der Waals surface area contributed by atoms with E-state index >= 15 is 0 Å². The van der Waals surface area contributed by atoms with E-state index in [9.17, 15) is 10.1 Å². The van der Waals surface area contributed by atoms with E-state index < -0.39 is 4.92 Å². The van der Waals surface area contributed by atoms with Crippen LogP contribution in [-0.4, -0.2) is 19.7 Å². The highest BCUT2D eigenvalue weighted by Gasteiger charge is 2.12. The number of ether oxygens (including phenoxy) is 1. The first kappa shape index (κ1) is 14.4. The highest BCUT2D eigenvalue weighted by molar-refractivity contribution is 9.10. The Bertz CT molecular complexity index is 614. The van der Waals surface area contributed by atoms with Crippen LogP contribution in [0.5, 0.6) is 5.75 Å². The fourth-order valence-electron chi connectivity index (χ4n) is 1.66. The van der Waals surface area contributed by atoms with Crippen molar-refractivity contribution >= 4 is 21.6 Å². The Labute approximate surface area is 123 Å². The Kier molecular flexibility index (Phi) is 4.67. The van der Waals surface area contributed by atoms with E-state index in [4.69, 9.17) is 4.74 Å². The fourth-order valence-corrected chi connectivity index (χ4v) is 2.02. The molecule has 0 N–H and O–H groups in total. The minimum Gasteiger partial charge on any atom is -0.484 e. The average molecular weight is 341 g/mol. The zero-order valence-corrected chi connectivity index (χ0v) is 12.4. The van der Waals surface area contributed by atoms with Gasteiger partial charge < -0.3 is 4.74 Å². The summed E-state index contributed by atoms with van der Waals surface area (Å²) in [5.41, 5.74) is -0.0155. The monoisotopic (exact) mass is 340 g/mol. The molecule has 1 heterocycles.